The van der Waals surface area contributed by atoms with E-state index in [0.717, 1.165) is 9.35 Å². The number of thiophene rings is 1. The van der Waals surface area contributed by atoms with Crippen LogP contribution >= 0.6 is 27.3 Å². The number of likely N-dealkylation sites (tertiary alicyclic amines) is 1. The first-order valence-corrected chi connectivity index (χ1v) is 7.32. The van der Waals surface area contributed by atoms with Crippen molar-refractivity contribution < 1.29 is 14.6 Å². The molecular formula is C12H16BrNO3S. The molecule has 2 heterocycles. The summed E-state index contributed by atoms with van der Waals surface area (Å²) in [7, 11) is 0. The highest BCUT2D eigenvalue weighted by atomic mass is 79.9. The largest absolute Gasteiger partial charge is 0.444 e. The molecule has 0 radical (unpaired) electrons. The molecule has 1 saturated heterocycles. The van der Waals surface area contributed by atoms with Gasteiger partial charge in [0.15, 0.2) is 0 Å². The summed E-state index contributed by atoms with van der Waals surface area (Å²) in [4.78, 5) is 14.1. The van der Waals surface area contributed by atoms with Gasteiger partial charge >= 0.3 is 6.09 Å². The Balaban J connectivity index is 1.98. The van der Waals surface area contributed by atoms with E-state index in [1.54, 1.807) is 0 Å². The van der Waals surface area contributed by atoms with E-state index in [4.69, 9.17) is 4.74 Å². The minimum atomic E-state index is -0.941. The molecule has 1 aromatic rings. The topological polar surface area (TPSA) is 49.8 Å². The summed E-state index contributed by atoms with van der Waals surface area (Å²) in [5.74, 6) is 0. The minimum Gasteiger partial charge on any atom is -0.444 e. The zero-order chi connectivity index (χ0) is 13.6. The fourth-order valence-electron chi connectivity index (χ4n) is 1.81. The first kappa shape index (κ1) is 13.8. The average molecular weight is 334 g/mol. The first-order valence-electron chi connectivity index (χ1n) is 5.65. The van der Waals surface area contributed by atoms with Crippen LogP contribution in [0.5, 0.6) is 0 Å². The Kier molecular flexibility index (Phi) is 3.46. The molecule has 2 rings (SSSR count). The van der Waals surface area contributed by atoms with Crippen LogP contribution < -0.4 is 0 Å². The Morgan fingerprint density at radius 2 is 2.17 bits per heavy atom. The molecule has 6 heteroatoms. The minimum absolute atomic E-state index is 0.279. The van der Waals surface area contributed by atoms with Crippen molar-refractivity contribution in [1.82, 2.24) is 4.90 Å². The maximum Gasteiger partial charge on any atom is 0.410 e. The molecule has 1 amide bonds. The Hall–Kier alpha value is -0.590. The van der Waals surface area contributed by atoms with Crippen LogP contribution in [0.3, 0.4) is 0 Å². The lowest BCUT2D eigenvalue weighted by Gasteiger charge is -2.46. The van der Waals surface area contributed by atoms with Gasteiger partial charge in [-0.15, -0.1) is 11.3 Å². The monoisotopic (exact) mass is 333 g/mol. The van der Waals surface area contributed by atoms with Crippen LogP contribution in [0.4, 0.5) is 4.79 Å². The lowest BCUT2D eigenvalue weighted by atomic mass is 9.93. The molecule has 100 valence electrons. The number of rotatable bonds is 1. The molecule has 0 spiro atoms. The second-order valence-electron chi connectivity index (χ2n) is 5.47. The van der Waals surface area contributed by atoms with Crippen LogP contribution in [0.25, 0.3) is 0 Å². The number of halogens is 1. The smallest absolute Gasteiger partial charge is 0.410 e. The van der Waals surface area contributed by atoms with Gasteiger partial charge in [0.25, 0.3) is 0 Å². The number of ether oxygens (including phenoxy) is 1. The molecule has 0 aliphatic carbocycles. The number of β-amino-alcohol motifs (C(OH)–C–C–N with tert-alkyl or cyclic N) is 1. The van der Waals surface area contributed by atoms with Gasteiger partial charge in [0, 0.05) is 4.47 Å². The molecule has 0 aromatic carbocycles. The molecule has 0 saturated carbocycles. The SMILES string of the molecule is CC(C)(C)OC(=O)N1CC(O)(c2sccc2Br)C1. The summed E-state index contributed by atoms with van der Waals surface area (Å²) in [6, 6.07) is 1.90. The fourth-order valence-corrected chi connectivity index (χ4v) is 3.64. The van der Waals surface area contributed by atoms with Gasteiger partial charge in [-0.3, -0.25) is 0 Å². The van der Waals surface area contributed by atoms with Gasteiger partial charge in [-0.25, -0.2) is 4.79 Å². The number of nitrogens with zero attached hydrogens (tertiary/aromatic N) is 1. The van der Waals surface area contributed by atoms with Crippen molar-refractivity contribution in [2.75, 3.05) is 13.1 Å². The van der Waals surface area contributed by atoms with Crippen molar-refractivity contribution in [3.05, 3.63) is 20.8 Å². The number of aliphatic hydroxyl groups is 1. The van der Waals surface area contributed by atoms with Gasteiger partial charge in [0.1, 0.15) is 11.2 Å². The van der Waals surface area contributed by atoms with Crippen molar-refractivity contribution >= 4 is 33.4 Å². The van der Waals surface area contributed by atoms with Gasteiger partial charge in [-0.1, -0.05) is 0 Å². The quantitative estimate of drug-likeness (QED) is 0.859. The highest BCUT2D eigenvalue weighted by molar-refractivity contribution is 9.10. The highest BCUT2D eigenvalue weighted by Crippen LogP contribution is 2.39. The lowest BCUT2D eigenvalue weighted by molar-refractivity contribution is -0.101. The van der Waals surface area contributed by atoms with Gasteiger partial charge < -0.3 is 14.7 Å². The molecule has 4 nitrogen and oxygen atoms in total. The van der Waals surface area contributed by atoms with Crippen molar-refractivity contribution in [3.8, 4) is 0 Å². The Labute approximate surface area is 119 Å². The second-order valence-corrected chi connectivity index (χ2v) is 7.24. The van der Waals surface area contributed by atoms with E-state index in [-0.39, 0.29) is 19.2 Å². The second kappa shape index (κ2) is 4.51. The molecule has 1 N–H and O–H groups in total. The highest BCUT2D eigenvalue weighted by Gasteiger charge is 2.48. The van der Waals surface area contributed by atoms with Crippen LogP contribution in [-0.4, -0.2) is 34.8 Å². The molecular weight excluding hydrogens is 318 g/mol. The molecule has 18 heavy (non-hydrogen) atoms. The third-order valence-electron chi connectivity index (χ3n) is 2.60. The standard InChI is InChI=1S/C12H16BrNO3S/c1-11(2,3)17-10(15)14-6-12(16,7-14)9-8(13)4-5-18-9/h4-5,16H,6-7H2,1-3H3. The van der Waals surface area contributed by atoms with E-state index in [0.29, 0.717) is 0 Å². The maximum atomic E-state index is 11.8. The van der Waals surface area contributed by atoms with Gasteiger partial charge in [0.2, 0.25) is 0 Å². The first-order chi connectivity index (χ1) is 8.21. The normalized spacial score (nSPS) is 18.4. The zero-order valence-electron chi connectivity index (χ0n) is 10.6. The van der Waals surface area contributed by atoms with E-state index in [2.05, 4.69) is 15.9 Å². The summed E-state index contributed by atoms with van der Waals surface area (Å²) < 4.78 is 6.14. The average Bonchev–Trinajstić information content (AvgIpc) is 2.57. The molecule has 0 bridgehead atoms. The molecule has 1 aliphatic rings. The molecule has 1 fully saturated rings. The summed E-state index contributed by atoms with van der Waals surface area (Å²) >= 11 is 4.88. The van der Waals surface area contributed by atoms with Crippen LogP contribution in [0.2, 0.25) is 0 Å². The van der Waals surface area contributed by atoms with Gasteiger partial charge in [-0.2, -0.15) is 0 Å². The predicted octanol–water partition coefficient (Wildman–Crippen LogP) is 2.95. The number of hydrogen-bond donors (Lipinski definition) is 1. The number of hydrogen-bond acceptors (Lipinski definition) is 4. The van der Waals surface area contributed by atoms with Crippen molar-refractivity contribution in [2.24, 2.45) is 0 Å². The van der Waals surface area contributed by atoms with Crippen LogP contribution in [0, 0.1) is 0 Å². The Morgan fingerprint density at radius 3 is 2.61 bits per heavy atom. The van der Waals surface area contributed by atoms with Crippen LogP contribution in [0.1, 0.15) is 25.6 Å². The van der Waals surface area contributed by atoms with Crippen LogP contribution in [-0.2, 0) is 10.3 Å². The summed E-state index contributed by atoms with van der Waals surface area (Å²) in [6.45, 7) is 6.04. The van der Waals surface area contributed by atoms with Crippen molar-refractivity contribution in [1.29, 1.82) is 0 Å². The summed E-state index contributed by atoms with van der Waals surface area (Å²) in [6.07, 6.45) is -0.375. The molecule has 1 aliphatic heterocycles. The van der Waals surface area contributed by atoms with E-state index < -0.39 is 11.2 Å². The molecule has 0 atom stereocenters. The van der Waals surface area contributed by atoms with Crippen molar-refractivity contribution in [2.45, 2.75) is 32.0 Å². The summed E-state index contributed by atoms with van der Waals surface area (Å²) in [5, 5.41) is 12.3. The van der Waals surface area contributed by atoms with E-state index in [1.807, 2.05) is 32.2 Å². The van der Waals surface area contributed by atoms with Crippen LogP contribution in [0.15, 0.2) is 15.9 Å². The van der Waals surface area contributed by atoms with Gasteiger partial charge in [-0.05, 0) is 48.1 Å². The Morgan fingerprint density at radius 1 is 1.56 bits per heavy atom. The Bertz CT molecular complexity index is 460. The number of amides is 1. The van der Waals surface area contributed by atoms with Gasteiger partial charge in [0.05, 0.1) is 18.0 Å². The zero-order valence-corrected chi connectivity index (χ0v) is 13.0. The molecule has 0 unspecified atom stereocenters. The van der Waals surface area contributed by atoms with E-state index >= 15 is 0 Å². The predicted molar refractivity (Wildman–Crippen MR) is 73.7 cm³/mol. The van der Waals surface area contributed by atoms with E-state index in [1.165, 1.54) is 16.2 Å². The fraction of sp³-hybridized carbons (Fsp3) is 0.583. The number of carbonyl (C=O) groups is 1. The maximum absolute atomic E-state index is 11.8. The molecule has 1 aromatic heterocycles. The lowest BCUT2D eigenvalue weighted by Crippen LogP contribution is -2.61. The van der Waals surface area contributed by atoms with Crippen molar-refractivity contribution in [3.63, 3.8) is 0 Å². The number of carbonyl (C=O) groups excluding carboxylic acids is 1. The third-order valence-corrected chi connectivity index (χ3v) is 4.63. The third kappa shape index (κ3) is 2.70. The van der Waals surface area contributed by atoms with E-state index in [9.17, 15) is 9.90 Å². The summed E-state index contributed by atoms with van der Waals surface area (Å²) in [5.41, 5.74) is -1.45.